The molecular weight excluding hydrogens is 228 g/mol. The molecule has 2 rings (SSSR count). The van der Waals surface area contributed by atoms with E-state index in [1.165, 1.54) is 18.6 Å². The summed E-state index contributed by atoms with van der Waals surface area (Å²) >= 11 is 0. The first kappa shape index (κ1) is 12.2. The van der Waals surface area contributed by atoms with E-state index in [2.05, 4.69) is 34.1 Å². The van der Waals surface area contributed by atoms with Gasteiger partial charge in [0, 0.05) is 18.6 Å². The van der Waals surface area contributed by atoms with Gasteiger partial charge in [-0.05, 0) is 23.6 Å². The maximum atomic E-state index is 11.8. The van der Waals surface area contributed by atoms with E-state index < -0.39 is 0 Å². The van der Waals surface area contributed by atoms with E-state index in [0.717, 1.165) is 5.56 Å². The molecule has 2 aromatic heterocycles. The van der Waals surface area contributed by atoms with Crippen LogP contribution >= 0.6 is 0 Å². The summed E-state index contributed by atoms with van der Waals surface area (Å²) in [6, 6.07) is 3.79. The van der Waals surface area contributed by atoms with E-state index in [1.807, 2.05) is 12.1 Å². The lowest BCUT2D eigenvalue weighted by Gasteiger charge is -2.08. The van der Waals surface area contributed by atoms with Crippen molar-refractivity contribution in [3.8, 4) is 0 Å². The van der Waals surface area contributed by atoms with Gasteiger partial charge in [0.25, 0.3) is 5.91 Å². The molecule has 5 nitrogen and oxygen atoms in total. The van der Waals surface area contributed by atoms with E-state index in [-0.39, 0.29) is 11.6 Å². The lowest BCUT2D eigenvalue weighted by molar-refractivity contribution is 0.102. The van der Waals surface area contributed by atoms with Crippen molar-refractivity contribution in [2.75, 3.05) is 5.32 Å². The van der Waals surface area contributed by atoms with Crippen molar-refractivity contribution < 1.29 is 4.79 Å². The summed E-state index contributed by atoms with van der Waals surface area (Å²) in [6.07, 6.45) is 6.10. The van der Waals surface area contributed by atoms with Gasteiger partial charge in [-0.15, -0.1) is 0 Å². The number of pyridine rings is 1. The van der Waals surface area contributed by atoms with Crippen molar-refractivity contribution >= 4 is 11.7 Å². The van der Waals surface area contributed by atoms with Gasteiger partial charge >= 0.3 is 0 Å². The molecule has 0 radical (unpaired) electrons. The van der Waals surface area contributed by atoms with Crippen LogP contribution in [0.1, 0.15) is 35.8 Å². The number of amides is 1. The lowest BCUT2D eigenvalue weighted by Crippen LogP contribution is -2.14. The molecule has 0 atom stereocenters. The largest absolute Gasteiger partial charge is 0.305 e. The molecule has 2 heterocycles. The maximum Gasteiger partial charge on any atom is 0.277 e. The first-order valence-corrected chi connectivity index (χ1v) is 5.70. The summed E-state index contributed by atoms with van der Waals surface area (Å²) < 4.78 is 0. The summed E-state index contributed by atoms with van der Waals surface area (Å²) in [5.74, 6) is 0.605. The second-order valence-electron chi connectivity index (χ2n) is 4.17. The Morgan fingerprint density at radius 2 is 2.06 bits per heavy atom. The van der Waals surface area contributed by atoms with Crippen LogP contribution in [0.15, 0.2) is 36.9 Å². The van der Waals surface area contributed by atoms with E-state index >= 15 is 0 Å². The Hall–Kier alpha value is -2.30. The molecule has 18 heavy (non-hydrogen) atoms. The van der Waals surface area contributed by atoms with Gasteiger partial charge in [0.05, 0.1) is 6.20 Å². The number of hydrogen-bond acceptors (Lipinski definition) is 4. The van der Waals surface area contributed by atoms with Crippen LogP contribution in [0.2, 0.25) is 0 Å². The third kappa shape index (κ3) is 2.88. The van der Waals surface area contributed by atoms with Gasteiger partial charge in [-0.3, -0.25) is 9.78 Å². The molecule has 0 saturated heterocycles. The Morgan fingerprint density at radius 1 is 1.22 bits per heavy atom. The van der Waals surface area contributed by atoms with Gasteiger partial charge in [0.1, 0.15) is 11.5 Å². The SMILES string of the molecule is CC(C)c1ccnc(NC(=O)c2cnccn2)c1. The molecule has 1 N–H and O–H groups in total. The average Bonchev–Trinajstić information content (AvgIpc) is 2.40. The van der Waals surface area contributed by atoms with Crippen LogP contribution in [-0.4, -0.2) is 20.9 Å². The molecule has 2 aromatic rings. The molecule has 5 heteroatoms. The number of nitrogens with one attached hydrogen (secondary N) is 1. The standard InChI is InChI=1S/C13H14N4O/c1-9(2)10-3-4-16-12(7-10)17-13(18)11-8-14-5-6-15-11/h3-9H,1-2H3,(H,16,17,18). The minimum absolute atomic E-state index is 0.272. The van der Waals surface area contributed by atoms with Crippen molar-refractivity contribution in [2.24, 2.45) is 0 Å². The quantitative estimate of drug-likeness (QED) is 0.896. The van der Waals surface area contributed by atoms with Crippen LogP contribution < -0.4 is 5.32 Å². The van der Waals surface area contributed by atoms with E-state index in [4.69, 9.17) is 0 Å². The van der Waals surface area contributed by atoms with E-state index in [1.54, 1.807) is 6.20 Å². The molecule has 0 spiro atoms. The highest BCUT2D eigenvalue weighted by Gasteiger charge is 2.09. The third-order valence-electron chi connectivity index (χ3n) is 2.49. The number of carbonyl (C=O) groups is 1. The summed E-state index contributed by atoms with van der Waals surface area (Å²) in [7, 11) is 0. The molecular formula is C13H14N4O. The van der Waals surface area contributed by atoms with Gasteiger partial charge in [0.2, 0.25) is 0 Å². The number of hydrogen-bond donors (Lipinski definition) is 1. The number of rotatable bonds is 3. The molecule has 0 aliphatic heterocycles. The van der Waals surface area contributed by atoms with Crippen LogP contribution in [0.4, 0.5) is 5.82 Å². The minimum atomic E-state index is -0.309. The zero-order valence-corrected chi connectivity index (χ0v) is 10.3. The fraction of sp³-hybridized carbons (Fsp3) is 0.231. The monoisotopic (exact) mass is 242 g/mol. The molecule has 0 fully saturated rings. The van der Waals surface area contributed by atoms with Gasteiger partial charge in [-0.2, -0.15) is 0 Å². The Bertz CT molecular complexity index is 540. The van der Waals surface area contributed by atoms with Crippen LogP contribution in [0.3, 0.4) is 0 Å². The van der Waals surface area contributed by atoms with Crippen LogP contribution in [0.25, 0.3) is 0 Å². The highest BCUT2D eigenvalue weighted by Crippen LogP contribution is 2.16. The zero-order valence-electron chi connectivity index (χ0n) is 10.3. The van der Waals surface area contributed by atoms with Crippen molar-refractivity contribution in [1.29, 1.82) is 0 Å². The second kappa shape index (κ2) is 5.35. The fourth-order valence-corrected chi connectivity index (χ4v) is 1.47. The molecule has 0 unspecified atom stereocenters. The van der Waals surface area contributed by atoms with Crippen LogP contribution in [0, 0.1) is 0 Å². The predicted octanol–water partition coefficient (Wildman–Crippen LogP) is 2.25. The molecule has 0 aliphatic rings. The highest BCUT2D eigenvalue weighted by atomic mass is 16.1. The van der Waals surface area contributed by atoms with Crippen molar-refractivity contribution in [3.05, 3.63) is 48.2 Å². The van der Waals surface area contributed by atoms with Crippen molar-refractivity contribution in [3.63, 3.8) is 0 Å². The first-order chi connectivity index (χ1) is 8.66. The normalized spacial score (nSPS) is 10.4. The Balaban J connectivity index is 2.15. The van der Waals surface area contributed by atoms with Crippen LogP contribution in [0.5, 0.6) is 0 Å². The first-order valence-electron chi connectivity index (χ1n) is 5.70. The van der Waals surface area contributed by atoms with Crippen LogP contribution in [-0.2, 0) is 0 Å². The summed E-state index contributed by atoms with van der Waals surface area (Å²) in [6.45, 7) is 4.17. The molecule has 1 amide bonds. The van der Waals surface area contributed by atoms with Gasteiger partial charge in [-0.25, -0.2) is 9.97 Å². The topological polar surface area (TPSA) is 67.8 Å². The highest BCUT2D eigenvalue weighted by molar-refractivity contribution is 6.02. The number of aromatic nitrogens is 3. The lowest BCUT2D eigenvalue weighted by atomic mass is 10.1. The molecule has 0 aromatic carbocycles. The minimum Gasteiger partial charge on any atom is -0.305 e. The van der Waals surface area contributed by atoms with Gasteiger partial charge < -0.3 is 5.32 Å². The zero-order chi connectivity index (χ0) is 13.0. The average molecular weight is 242 g/mol. The van der Waals surface area contributed by atoms with Crippen molar-refractivity contribution in [2.45, 2.75) is 19.8 Å². The van der Waals surface area contributed by atoms with E-state index in [0.29, 0.717) is 11.7 Å². The Morgan fingerprint density at radius 3 is 2.72 bits per heavy atom. The Labute approximate surface area is 105 Å². The smallest absolute Gasteiger partial charge is 0.277 e. The third-order valence-corrected chi connectivity index (χ3v) is 2.49. The molecule has 0 saturated carbocycles. The molecule has 0 aliphatic carbocycles. The maximum absolute atomic E-state index is 11.8. The second-order valence-corrected chi connectivity index (χ2v) is 4.17. The summed E-state index contributed by atoms with van der Waals surface area (Å²) in [5.41, 5.74) is 1.40. The number of nitrogens with zero attached hydrogens (tertiary/aromatic N) is 3. The molecule has 0 bridgehead atoms. The summed E-state index contributed by atoms with van der Waals surface area (Å²) in [4.78, 5) is 23.7. The Kier molecular flexibility index (Phi) is 3.62. The molecule has 92 valence electrons. The number of carbonyl (C=O) groups excluding carboxylic acids is 1. The number of anilines is 1. The van der Waals surface area contributed by atoms with Crippen molar-refractivity contribution in [1.82, 2.24) is 15.0 Å². The summed E-state index contributed by atoms with van der Waals surface area (Å²) in [5, 5.41) is 2.70. The van der Waals surface area contributed by atoms with E-state index in [9.17, 15) is 4.79 Å². The van der Waals surface area contributed by atoms with Gasteiger partial charge in [0.15, 0.2) is 0 Å². The van der Waals surface area contributed by atoms with Gasteiger partial charge in [-0.1, -0.05) is 13.8 Å². The predicted molar refractivity (Wildman–Crippen MR) is 68.3 cm³/mol. The fourth-order valence-electron chi connectivity index (χ4n) is 1.47.